The maximum atomic E-state index is 9.61. The monoisotopic (exact) mass is 192 g/mol. The minimum Gasteiger partial charge on any atom is -0.490 e. The number of aryl methyl sites for hydroxylation is 2. The summed E-state index contributed by atoms with van der Waals surface area (Å²) in [5.41, 5.74) is 1.84. The molecule has 0 spiro atoms. The molecule has 0 amide bonds. The van der Waals surface area contributed by atoms with Crippen molar-refractivity contribution in [3.8, 4) is 5.75 Å². The van der Waals surface area contributed by atoms with E-state index in [1.807, 2.05) is 19.1 Å². The summed E-state index contributed by atoms with van der Waals surface area (Å²) in [5, 5.41) is 9.61. The second kappa shape index (κ2) is 3.28. The molecule has 76 valence electrons. The number of hydrogen-bond acceptors (Lipinski definition) is 2. The van der Waals surface area contributed by atoms with Gasteiger partial charge < -0.3 is 9.84 Å². The molecule has 1 aliphatic rings. The lowest BCUT2D eigenvalue weighted by Gasteiger charge is -2.12. The predicted octanol–water partition coefficient (Wildman–Crippen LogP) is 2.21. The highest BCUT2D eigenvalue weighted by atomic mass is 16.5. The fourth-order valence-corrected chi connectivity index (χ4v) is 1.46. The zero-order valence-electron chi connectivity index (χ0n) is 8.71. The van der Waals surface area contributed by atoms with Gasteiger partial charge in [0.2, 0.25) is 0 Å². The summed E-state index contributed by atoms with van der Waals surface area (Å²) in [6, 6.07) is 6.09. The highest BCUT2D eigenvalue weighted by Gasteiger charge is 2.41. The van der Waals surface area contributed by atoms with Crippen LogP contribution < -0.4 is 4.74 Å². The first-order valence-corrected chi connectivity index (χ1v) is 5.02. The highest BCUT2D eigenvalue weighted by molar-refractivity contribution is 5.35. The molecule has 0 radical (unpaired) electrons. The molecular weight excluding hydrogens is 176 g/mol. The predicted molar refractivity (Wildman–Crippen MR) is 55.6 cm³/mol. The van der Waals surface area contributed by atoms with Crippen molar-refractivity contribution in [1.82, 2.24) is 0 Å². The van der Waals surface area contributed by atoms with Crippen molar-refractivity contribution in [3.05, 3.63) is 29.3 Å². The fraction of sp³-hybridized carbons (Fsp3) is 0.500. The molecule has 0 aromatic heterocycles. The van der Waals surface area contributed by atoms with Crippen LogP contribution in [0.3, 0.4) is 0 Å². The van der Waals surface area contributed by atoms with E-state index in [0.29, 0.717) is 6.61 Å². The molecule has 0 atom stereocenters. The number of rotatable bonds is 3. The van der Waals surface area contributed by atoms with Gasteiger partial charge in [-0.1, -0.05) is 17.7 Å². The van der Waals surface area contributed by atoms with E-state index in [1.54, 1.807) is 0 Å². The Morgan fingerprint density at radius 3 is 2.64 bits per heavy atom. The summed E-state index contributed by atoms with van der Waals surface area (Å²) in [6.07, 6.45) is 1.75. The quantitative estimate of drug-likeness (QED) is 0.795. The third-order valence-electron chi connectivity index (χ3n) is 2.65. The Balaban J connectivity index is 2.02. The van der Waals surface area contributed by atoms with Gasteiger partial charge in [-0.3, -0.25) is 0 Å². The van der Waals surface area contributed by atoms with Gasteiger partial charge in [-0.15, -0.1) is 0 Å². The SMILES string of the molecule is Cc1ccc(OCC2(O)CC2)c(C)c1. The van der Waals surface area contributed by atoms with Gasteiger partial charge in [-0.2, -0.15) is 0 Å². The van der Waals surface area contributed by atoms with Gasteiger partial charge in [0.15, 0.2) is 0 Å². The molecular formula is C12H16O2. The maximum absolute atomic E-state index is 9.61. The first-order valence-electron chi connectivity index (χ1n) is 5.02. The second-order valence-corrected chi connectivity index (χ2v) is 4.28. The van der Waals surface area contributed by atoms with Gasteiger partial charge in [0.1, 0.15) is 12.4 Å². The van der Waals surface area contributed by atoms with Gasteiger partial charge in [0.25, 0.3) is 0 Å². The standard InChI is InChI=1S/C12H16O2/c1-9-3-4-11(10(2)7-9)14-8-12(13)5-6-12/h3-4,7,13H,5-6,8H2,1-2H3. The molecule has 14 heavy (non-hydrogen) atoms. The largest absolute Gasteiger partial charge is 0.490 e. The molecule has 1 aliphatic carbocycles. The zero-order valence-corrected chi connectivity index (χ0v) is 8.71. The molecule has 1 aromatic rings. The summed E-state index contributed by atoms with van der Waals surface area (Å²) < 4.78 is 5.57. The van der Waals surface area contributed by atoms with Crippen LogP contribution in [0.15, 0.2) is 18.2 Å². The summed E-state index contributed by atoms with van der Waals surface area (Å²) in [7, 11) is 0. The lowest BCUT2D eigenvalue weighted by atomic mass is 10.1. The average Bonchev–Trinajstić information content (AvgIpc) is 2.83. The van der Waals surface area contributed by atoms with Crippen LogP contribution in [0.2, 0.25) is 0 Å². The fourth-order valence-electron chi connectivity index (χ4n) is 1.46. The summed E-state index contributed by atoms with van der Waals surface area (Å²) >= 11 is 0. The van der Waals surface area contributed by atoms with Gasteiger partial charge >= 0.3 is 0 Å². The summed E-state index contributed by atoms with van der Waals surface area (Å²) in [5.74, 6) is 0.885. The Morgan fingerprint density at radius 1 is 1.36 bits per heavy atom. The van der Waals surface area contributed by atoms with E-state index < -0.39 is 5.60 Å². The topological polar surface area (TPSA) is 29.5 Å². The van der Waals surface area contributed by atoms with E-state index in [1.165, 1.54) is 5.56 Å². The Morgan fingerprint density at radius 2 is 2.07 bits per heavy atom. The Hall–Kier alpha value is -1.02. The Labute approximate surface area is 84.5 Å². The van der Waals surface area contributed by atoms with Crippen molar-refractivity contribution in [2.24, 2.45) is 0 Å². The van der Waals surface area contributed by atoms with E-state index in [4.69, 9.17) is 4.74 Å². The minimum atomic E-state index is -0.530. The number of benzene rings is 1. The molecule has 0 saturated heterocycles. The first kappa shape index (κ1) is 9.53. The van der Waals surface area contributed by atoms with E-state index in [0.717, 1.165) is 24.2 Å². The van der Waals surface area contributed by atoms with Gasteiger partial charge in [-0.05, 0) is 38.3 Å². The third kappa shape index (κ3) is 2.07. The van der Waals surface area contributed by atoms with Crippen molar-refractivity contribution in [2.75, 3.05) is 6.61 Å². The molecule has 0 heterocycles. The van der Waals surface area contributed by atoms with Crippen LogP contribution >= 0.6 is 0 Å². The van der Waals surface area contributed by atoms with E-state index in [9.17, 15) is 5.11 Å². The van der Waals surface area contributed by atoms with Crippen LogP contribution in [-0.4, -0.2) is 17.3 Å². The molecule has 0 unspecified atom stereocenters. The lowest BCUT2D eigenvalue weighted by molar-refractivity contribution is 0.0853. The third-order valence-corrected chi connectivity index (χ3v) is 2.65. The lowest BCUT2D eigenvalue weighted by Crippen LogP contribution is -2.18. The van der Waals surface area contributed by atoms with Crippen LogP contribution in [0.1, 0.15) is 24.0 Å². The van der Waals surface area contributed by atoms with Crippen LogP contribution in [0.25, 0.3) is 0 Å². The van der Waals surface area contributed by atoms with E-state index in [-0.39, 0.29) is 0 Å². The van der Waals surface area contributed by atoms with Gasteiger partial charge in [-0.25, -0.2) is 0 Å². The van der Waals surface area contributed by atoms with Crippen molar-refractivity contribution < 1.29 is 9.84 Å². The minimum absolute atomic E-state index is 0.427. The molecule has 0 bridgehead atoms. The smallest absolute Gasteiger partial charge is 0.122 e. The van der Waals surface area contributed by atoms with E-state index in [2.05, 4.69) is 13.0 Å². The average molecular weight is 192 g/mol. The molecule has 2 heteroatoms. The number of ether oxygens (including phenoxy) is 1. The van der Waals surface area contributed by atoms with Gasteiger partial charge in [0, 0.05) is 0 Å². The first-order chi connectivity index (χ1) is 6.59. The second-order valence-electron chi connectivity index (χ2n) is 4.28. The molecule has 1 fully saturated rings. The van der Waals surface area contributed by atoms with Crippen LogP contribution in [0.5, 0.6) is 5.75 Å². The molecule has 1 saturated carbocycles. The van der Waals surface area contributed by atoms with Crippen molar-refractivity contribution >= 4 is 0 Å². The summed E-state index contributed by atoms with van der Waals surface area (Å²) in [4.78, 5) is 0. The van der Waals surface area contributed by atoms with Crippen molar-refractivity contribution in [1.29, 1.82) is 0 Å². The Kier molecular flexibility index (Phi) is 2.23. The number of hydrogen-bond donors (Lipinski definition) is 1. The molecule has 1 aromatic carbocycles. The van der Waals surface area contributed by atoms with Crippen molar-refractivity contribution in [3.63, 3.8) is 0 Å². The zero-order chi connectivity index (χ0) is 10.2. The van der Waals surface area contributed by atoms with Crippen LogP contribution in [-0.2, 0) is 0 Å². The van der Waals surface area contributed by atoms with Crippen molar-refractivity contribution in [2.45, 2.75) is 32.3 Å². The number of aliphatic hydroxyl groups is 1. The van der Waals surface area contributed by atoms with Gasteiger partial charge in [0.05, 0.1) is 5.60 Å². The molecule has 2 rings (SSSR count). The van der Waals surface area contributed by atoms with Crippen LogP contribution in [0.4, 0.5) is 0 Å². The van der Waals surface area contributed by atoms with Crippen LogP contribution in [0, 0.1) is 13.8 Å². The van der Waals surface area contributed by atoms with E-state index >= 15 is 0 Å². The summed E-state index contributed by atoms with van der Waals surface area (Å²) in [6.45, 7) is 4.52. The Bertz CT molecular complexity index is 340. The molecule has 1 N–H and O–H groups in total. The maximum Gasteiger partial charge on any atom is 0.122 e. The molecule has 0 aliphatic heterocycles. The normalized spacial score (nSPS) is 17.9. The molecule has 2 nitrogen and oxygen atoms in total. The highest BCUT2D eigenvalue weighted by Crippen LogP contribution is 2.35.